The van der Waals surface area contributed by atoms with Gasteiger partial charge in [0, 0.05) is 5.56 Å². The number of methoxy groups -OCH3 is 1. The van der Waals surface area contributed by atoms with Crippen molar-refractivity contribution in [2.24, 2.45) is 0 Å². The fourth-order valence-electron chi connectivity index (χ4n) is 3.05. The number of nitrogens with zero attached hydrogens (tertiary/aromatic N) is 2. The van der Waals surface area contributed by atoms with Crippen LogP contribution in [0.5, 0.6) is 5.75 Å². The van der Waals surface area contributed by atoms with Crippen LogP contribution in [0.15, 0.2) is 46.6 Å². The minimum Gasteiger partial charge on any atom is -0.496 e. The van der Waals surface area contributed by atoms with E-state index in [0.29, 0.717) is 17.0 Å². The number of ether oxygens (including phenoxy) is 1. The first-order valence-electron chi connectivity index (χ1n) is 9.34. The molecule has 1 N–H and O–H groups in total. The molecule has 3 aromatic rings. The van der Waals surface area contributed by atoms with E-state index >= 15 is 0 Å². The summed E-state index contributed by atoms with van der Waals surface area (Å²) >= 11 is 3.42. The first-order chi connectivity index (χ1) is 13.9. The van der Waals surface area contributed by atoms with E-state index < -0.39 is 0 Å². The molecule has 0 bridgehead atoms. The summed E-state index contributed by atoms with van der Waals surface area (Å²) in [6.07, 6.45) is 4.91. The van der Waals surface area contributed by atoms with Gasteiger partial charge in [0.2, 0.25) is 0 Å². The predicted molar refractivity (Wildman–Crippen MR) is 120 cm³/mol. The molecule has 2 aromatic heterocycles. The van der Waals surface area contributed by atoms with Crippen molar-refractivity contribution in [3.8, 4) is 17.1 Å². The number of pyridine rings is 1. The van der Waals surface area contributed by atoms with Crippen molar-refractivity contribution in [1.82, 2.24) is 15.2 Å². The van der Waals surface area contributed by atoms with E-state index in [2.05, 4.69) is 51.0 Å². The van der Waals surface area contributed by atoms with Gasteiger partial charge < -0.3 is 4.74 Å². The maximum atomic E-state index is 14.6. The zero-order chi connectivity index (χ0) is 21.0. The topological polar surface area (TPSA) is 50.8 Å². The summed E-state index contributed by atoms with van der Waals surface area (Å²) < 4.78 is 20.7. The van der Waals surface area contributed by atoms with Crippen LogP contribution >= 0.6 is 15.9 Å². The van der Waals surface area contributed by atoms with Crippen molar-refractivity contribution in [2.75, 3.05) is 7.11 Å². The number of hydrogen-bond acceptors (Lipinski definition) is 3. The lowest BCUT2D eigenvalue weighted by Crippen LogP contribution is -1.94. The molecule has 3 rings (SSSR count). The average Bonchev–Trinajstić information content (AvgIpc) is 3.09. The Bertz CT molecular complexity index is 1090. The summed E-state index contributed by atoms with van der Waals surface area (Å²) in [7, 11) is 1.54. The van der Waals surface area contributed by atoms with Crippen LogP contribution in [-0.2, 0) is 0 Å². The smallest absolute Gasteiger partial charge is 0.134 e. The maximum absolute atomic E-state index is 14.6. The van der Waals surface area contributed by atoms with Crippen LogP contribution in [0.2, 0.25) is 0 Å². The molecule has 0 saturated carbocycles. The van der Waals surface area contributed by atoms with Crippen LogP contribution in [0.4, 0.5) is 4.39 Å². The monoisotopic (exact) mass is 455 g/mol. The lowest BCUT2D eigenvalue weighted by molar-refractivity contribution is 0.409. The van der Waals surface area contributed by atoms with Crippen molar-refractivity contribution >= 4 is 33.7 Å². The Morgan fingerprint density at radius 3 is 2.62 bits per heavy atom. The second-order valence-electron chi connectivity index (χ2n) is 6.73. The number of halogens is 2. The predicted octanol–water partition coefficient (Wildman–Crippen LogP) is 6.76. The standard InChI is InChI=1S/C23H23BrFN3O/c1-5-14(2)12-19-16(23(28-27-19)18-9-7-11-21(24)26-18)13-15(3)22-17(25)8-6-10-20(22)29-4/h6-13H,5H2,1-4H3,(H,27,28)/b14-12?,15-13+. The van der Waals surface area contributed by atoms with Gasteiger partial charge in [-0.2, -0.15) is 5.10 Å². The van der Waals surface area contributed by atoms with Crippen molar-refractivity contribution in [3.63, 3.8) is 0 Å². The highest BCUT2D eigenvalue weighted by Gasteiger charge is 2.17. The number of allylic oxidation sites excluding steroid dienone is 2. The third kappa shape index (κ3) is 4.65. The van der Waals surface area contributed by atoms with E-state index in [-0.39, 0.29) is 5.82 Å². The quantitative estimate of drug-likeness (QED) is 0.417. The Balaban J connectivity index is 2.21. The number of nitrogens with one attached hydrogen (secondary N) is 1. The molecule has 0 amide bonds. The van der Waals surface area contributed by atoms with Gasteiger partial charge in [-0.1, -0.05) is 24.6 Å². The van der Waals surface area contributed by atoms with E-state index in [9.17, 15) is 4.39 Å². The molecule has 0 aliphatic carbocycles. The van der Waals surface area contributed by atoms with Crippen molar-refractivity contribution in [1.29, 1.82) is 0 Å². The summed E-state index contributed by atoms with van der Waals surface area (Å²) in [5, 5.41) is 7.61. The van der Waals surface area contributed by atoms with Crippen LogP contribution in [0, 0.1) is 5.82 Å². The Labute approximate surface area is 178 Å². The molecular weight excluding hydrogens is 433 g/mol. The second-order valence-corrected chi connectivity index (χ2v) is 7.55. The SMILES string of the molecule is CCC(C)=Cc1[nH]nc(-c2cccc(Br)n2)c1/C=C(\C)c1c(F)cccc1OC. The molecule has 0 aliphatic rings. The highest BCUT2D eigenvalue weighted by molar-refractivity contribution is 9.10. The minimum atomic E-state index is -0.328. The minimum absolute atomic E-state index is 0.328. The van der Waals surface area contributed by atoms with Crippen LogP contribution in [-0.4, -0.2) is 22.3 Å². The third-order valence-corrected chi connectivity index (χ3v) is 5.13. The largest absolute Gasteiger partial charge is 0.496 e. The average molecular weight is 456 g/mol. The molecule has 6 heteroatoms. The lowest BCUT2D eigenvalue weighted by Gasteiger charge is -2.10. The van der Waals surface area contributed by atoms with Crippen LogP contribution in [0.25, 0.3) is 29.1 Å². The molecule has 0 radical (unpaired) electrons. The summed E-state index contributed by atoms with van der Waals surface area (Å²) in [6, 6.07) is 10.5. The summed E-state index contributed by atoms with van der Waals surface area (Å²) in [4.78, 5) is 4.53. The third-order valence-electron chi connectivity index (χ3n) is 4.69. The normalized spacial score (nSPS) is 12.3. The lowest BCUT2D eigenvalue weighted by atomic mass is 10.00. The molecule has 0 aliphatic heterocycles. The molecule has 0 fully saturated rings. The highest BCUT2D eigenvalue weighted by Crippen LogP contribution is 2.33. The molecule has 0 atom stereocenters. The number of hydrogen-bond donors (Lipinski definition) is 1. The van der Waals surface area contributed by atoms with E-state index in [0.717, 1.165) is 33.5 Å². The van der Waals surface area contributed by atoms with E-state index in [1.807, 2.05) is 31.2 Å². The maximum Gasteiger partial charge on any atom is 0.134 e. The van der Waals surface area contributed by atoms with Crippen molar-refractivity contribution < 1.29 is 9.13 Å². The molecule has 1 aromatic carbocycles. The molecule has 150 valence electrons. The molecule has 2 heterocycles. The van der Waals surface area contributed by atoms with Gasteiger partial charge in [0.1, 0.15) is 21.9 Å². The van der Waals surface area contributed by atoms with Crippen LogP contribution in [0.1, 0.15) is 44.0 Å². The molecule has 0 unspecified atom stereocenters. The van der Waals surface area contributed by atoms with Gasteiger partial charge in [0.05, 0.1) is 24.1 Å². The zero-order valence-corrected chi connectivity index (χ0v) is 18.5. The summed E-state index contributed by atoms with van der Waals surface area (Å²) in [6.45, 7) is 6.04. The number of aromatic amines is 1. The van der Waals surface area contributed by atoms with Gasteiger partial charge in [-0.15, -0.1) is 0 Å². The number of benzene rings is 1. The highest BCUT2D eigenvalue weighted by atomic mass is 79.9. The molecule has 29 heavy (non-hydrogen) atoms. The van der Waals surface area contributed by atoms with Crippen LogP contribution < -0.4 is 4.74 Å². The molecule has 0 saturated heterocycles. The van der Waals surface area contributed by atoms with E-state index in [4.69, 9.17) is 4.74 Å². The fourth-order valence-corrected chi connectivity index (χ4v) is 3.39. The van der Waals surface area contributed by atoms with Gasteiger partial charge in [0.15, 0.2) is 0 Å². The Morgan fingerprint density at radius 1 is 1.17 bits per heavy atom. The molecular formula is C23H23BrFN3O. The number of aromatic nitrogens is 3. The number of H-pyrrole nitrogens is 1. The first kappa shape index (κ1) is 21.0. The van der Waals surface area contributed by atoms with Gasteiger partial charge in [-0.3, -0.25) is 5.10 Å². The van der Waals surface area contributed by atoms with Gasteiger partial charge in [0.25, 0.3) is 0 Å². The zero-order valence-electron chi connectivity index (χ0n) is 16.9. The molecule has 4 nitrogen and oxygen atoms in total. The Hall–Kier alpha value is -2.73. The van der Waals surface area contributed by atoms with Crippen molar-refractivity contribution in [2.45, 2.75) is 27.2 Å². The van der Waals surface area contributed by atoms with Crippen molar-refractivity contribution in [3.05, 3.63) is 69.2 Å². The fraction of sp³-hybridized carbons (Fsp3) is 0.217. The number of rotatable bonds is 6. The van der Waals surface area contributed by atoms with E-state index in [1.54, 1.807) is 19.2 Å². The summed E-state index contributed by atoms with van der Waals surface area (Å²) in [5.74, 6) is 0.164. The Kier molecular flexibility index (Phi) is 6.64. The second kappa shape index (κ2) is 9.18. The van der Waals surface area contributed by atoms with Gasteiger partial charge >= 0.3 is 0 Å². The Morgan fingerprint density at radius 2 is 1.93 bits per heavy atom. The van der Waals surface area contributed by atoms with Gasteiger partial charge in [-0.05, 0) is 78.2 Å². The summed E-state index contributed by atoms with van der Waals surface area (Å²) in [5.41, 5.74) is 5.52. The van der Waals surface area contributed by atoms with Gasteiger partial charge in [-0.25, -0.2) is 9.37 Å². The first-order valence-corrected chi connectivity index (χ1v) is 10.1. The van der Waals surface area contributed by atoms with Crippen LogP contribution in [0.3, 0.4) is 0 Å². The molecule has 0 spiro atoms. The van der Waals surface area contributed by atoms with E-state index in [1.165, 1.54) is 11.6 Å².